The lowest BCUT2D eigenvalue weighted by Gasteiger charge is -2.02. The zero-order valence-corrected chi connectivity index (χ0v) is 11.5. The summed E-state index contributed by atoms with van der Waals surface area (Å²) < 4.78 is 6.29. The van der Waals surface area contributed by atoms with Crippen LogP contribution in [-0.4, -0.2) is 27.6 Å². The molecule has 2 aromatic rings. The van der Waals surface area contributed by atoms with Crippen LogP contribution in [0.3, 0.4) is 0 Å². The molecule has 0 fully saturated rings. The SMILES string of the molecule is CCOC(=O)Cn1cc(-c2cccc(C)c2Cl)nn1. The van der Waals surface area contributed by atoms with Crippen LogP contribution in [0.1, 0.15) is 12.5 Å². The Morgan fingerprint density at radius 3 is 3.00 bits per heavy atom. The van der Waals surface area contributed by atoms with Gasteiger partial charge in [-0.25, -0.2) is 4.68 Å². The second-order valence-electron chi connectivity index (χ2n) is 4.04. The number of rotatable bonds is 4. The van der Waals surface area contributed by atoms with Gasteiger partial charge in [0.2, 0.25) is 0 Å². The summed E-state index contributed by atoms with van der Waals surface area (Å²) in [6.07, 6.45) is 1.68. The van der Waals surface area contributed by atoms with Crippen molar-refractivity contribution in [2.24, 2.45) is 0 Å². The highest BCUT2D eigenvalue weighted by Crippen LogP contribution is 2.28. The summed E-state index contributed by atoms with van der Waals surface area (Å²) in [6.45, 7) is 4.08. The minimum absolute atomic E-state index is 0.0459. The zero-order valence-electron chi connectivity index (χ0n) is 10.8. The third-order valence-corrected chi connectivity index (χ3v) is 3.10. The minimum atomic E-state index is -0.339. The predicted molar refractivity (Wildman–Crippen MR) is 71.8 cm³/mol. The molecule has 19 heavy (non-hydrogen) atoms. The Balaban J connectivity index is 2.21. The van der Waals surface area contributed by atoms with Crippen molar-refractivity contribution in [3.63, 3.8) is 0 Å². The van der Waals surface area contributed by atoms with Gasteiger partial charge in [-0.3, -0.25) is 4.79 Å². The number of esters is 1. The third kappa shape index (κ3) is 3.12. The summed E-state index contributed by atoms with van der Waals surface area (Å²) in [5, 5.41) is 8.56. The molecule has 1 aromatic heterocycles. The van der Waals surface area contributed by atoms with Crippen molar-refractivity contribution in [3.05, 3.63) is 35.0 Å². The highest BCUT2D eigenvalue weighted by Gasteiger charge is 2.11. The van der Waals surface area contributed by atoms with E-state index in [0.29, 0.717) is 17.3 Å². The van der Waals surface area contributed by atoms with Gasteiger partial charge < -0.3 is 4.74 Å². The van der Waals surface area contributed by atoms with Gasteiger partial charge in [0.1, 0.15) is 12.2 Å². The zero-order chi connectivity index (χ0) is 13.8. The normalized spacial score (nSPS) is 10.5. The van der Waals surface area contributed by atoms with Gasteiger partial charge in [-0.2, -0.15) is 0 Å². The van der Waals surface area contributed by atoms with Gasteiger partial charge in [-0.1, -0.05) is 35.0 Å². The highest BCUT2D eigenvalue weighted by atomic mass is 35.5. The van der Waals surface area contributed by atoms with Crippen LogP contribution in [0, 0.1) is 6.92 Å². The molecular formula is C13H14ClN3O2. The maximum Gasteiger partial charge on any atom is 0.327 e. The maximum atomic E-state index is 11.3. The Morgan fingerprint density at radius 1 is 1.47 bits per heavy atom. The molecule has 0 aliphatic rings. The van der Waals surface area contributed by atoms with E-state index < -0.39 is 0 Å². The van der Waals surface area contributed by atoms with Crippen molar-refractivity contribution in [2.75, 3.05) is 6.61 Å². The van der Waals surface area contributed by atoms with E-state index in [1.807, 2.05) is 25.1 Å². The van der Waals surface area contributed by atoms with Crippen molar-refractivity contribution in [1.82, 2.24) is 15.0 Å². The van der Waals surface area contributed by atoms with Crippen molar-refractivity contribution in [3.8, 4) is 11.3 Å². The first-order valence-corrected chi connectivity index (χ1v) is 6.31. The van der Waals surface area contributed by atoms with Crippen LogP contribution in [0.15, 0.2) is 24.4 Å². The molecule has 0 bridgehead atoms. The second kappa shape index (κ2) is 5.84. The molecule has 100 valence electrons. The molecule has 0 saturated carbocycles. The fourth-order valence-electron chi connectivity index (χ4n) is 1.68. The van der Waals surface area contributed by atoms with Gasteiger partial charge in [-0.05, 0) is 19.4 Å². The van der Waals surface area contributed by atoms with Gasteiger partial charge in [0.15, 0.2) is 0 Å². The molecule has 1 aromatic carbocycles. The van der Waals surface area contributed by atoms with Crippen molar-refractivity contribution < 1.29 is 9.53 Å². The lowest BCUT2D eigenvalue weighted by atomic mass is 10.1. The fourth-order valence-corrected chi connectivity index (χ4v) is 1.91. The summed E-state index contributed by atoms with van der Waals surface area (Å²) in [5.74, 6) is -0.339. The monoisotopic (exact) mass is 279 g/mol. The van der Waals surface area contributed by atoms with Crippen LogP contribution >= 0.6 is 11.6 Å². The van der Waals surface area contributed by atoms with Crippen LogP contribution < -0.4 is 0 Å². The first kappa shape index (κ1) is 13.5. The number of hydrogen-bond donors (Lipinski definition) is 0. The lowest BCUT2D eigenvalue weighted by molar-refractivity contribution is -0.144. The van der Waals surface area contributed by atoms with Crippen molar-refractivity contribution >= 4 is 17.6 Å². The van der Waals surface area contributed by atoms with E-state index in [2.05, 4.69) is 10.3 Å². The van der Waals surface area contributed by atoms with Gasteiger partial charge in [0.25, 0.3) is 0 Å². The molecule has 2 rings (SSSR count). The molecule has 5 nitrogen and oxygen atoms in total. The van der Waals surface area contributed by atoms with Gasteiger partial charge in [0, 0.05) is 5.56 Å². The van der Waals surface area contributed by atoms with Crippen LogP contribution in [0.2, 0.25) is 5.02 Å². The number of benzene rings is 1. The number of aryl methyl sites for hydroxylation is 1. The van der Waals surface area contributed by atoms with Gasteiger partial charge in [0.05, 0.1) is 17.8 Å². The lowest BCUT2D eigenvalue weighted by Crippen LogP contribution is -2.13. The highest BCUT2D eigenvalue weighted by molar-refractivity contribution is 6.34. The third-order valence-electron chi connectivity index (χ3n) is 2.60. The summed E-state index contributed by atoms with van der Waals surface area (Å²) >= 11 is 6.22. The van der Waals surface area contributed by atoms with Crippen LogP contribution in [0.5, 0.6) is 0 Å². The summed E-state index contributed by atoms with van der Waals surface area (Å²) in [7, 11) is 0. The summed E-state index contributed by atoms with van der Waals surface area (Å²) in [5.41, 5.74) is 2.41. The Kier molecular flexibility index (Phi) is 4.16. The maximum absolute atomic E-state index is 11.3. The molecule has 1 heterocycles. The molecule has 0 spiro atoms. The smallest absolute Gasteiger partial charge is 0.327 e. The molecule has 0 atom stereocenters. The number of aromatic nitrogens is 3. The number of halogens is 1. The van der Waals surface area contributed by atoms with Gasteiger partial charge >= 0.3 is 5.97 Å². The van der Waals surface area contributed by atoms with Crippen molar-refractivity contribution in [1.29, 1.82) is 0 Å². The number of ether oxygens (including phenoxy) is 1. The number of nitrogens with zero attached hydrogens (tertiary/aromatic N) is 3. The largest absolute Gasteiger partial charge is 0.465 e. The molecule has 0 aliphatic carbocycles. The fraction of sp³-hybridized carbons (Fsp3) is 0.308. The average Bonchev–Trinajstić information content (AvgIpc) is 2.81. The molecular weight excluding hydrogens is 266 g/mol. The molecule has 0 amide bonds. The van der Waals surface area contributed by atoms with E-state index >= 15 is 0 Å². The number of hydrogen-bond acceptors (Lipinski definition) is 4. The van der Waals surface area contributed by atoms with Crippen molar-refractivity contribution in [2.45, 2.75) is 20.4 Å². The van der Waals surface area contributed by atoms with E-state index in [1.165, 1.54) is 4.68 Å². The number of carbonyl (C=O) groups excluding carboxylic acids is 1. The van der Waals surface area contributed by atoms with E-state index in [0.717, 1.165) is 11.1 Å². The molecule has 0 radical (unpaired) electrons. The Labute approximate surface area is 116 Å². The first-order valence-electron chi connectivity index (χ1n) is 5.93. The standard InChI is InChI=1S/C13H14ClN3O2/c1-3-19-12(18)8-17-7-11(15-16-17)10-6-4-5-9(2)13(10)14/h4-7H,3,8H2,1-2H3. The predicted octanol–water partition coefficient (Wildman–Crippen LogP) is 2.47. The molecule has 0 aliphatic heterocycles. The summed E-state index contributed by atoms with van der Waals surface area (Å²) in [4.78, 5) is 11.3. The Bertz CT molecular complexity index is 595. The Hall–Kier alpha value is -1.88. The van der Waals surface area contributed by atoms with Crippen LogP contribution in [0.4, 0.5) is 0 Å². The minimum Gasteiger partial charge on any atom is -0.465 e. The topological polar surface area (TPSA) is 57.0 Å². The second-order valence-corrected chi connectivity index (χ2v) is 4.42. The summed E-state index contributed by atoms with van der Waals surface area (Å²) in [6, 6.07) is 5.70. The van der Waals surface area contributed by atoms with E-state index in [4.69, 9.17) is 16.3 Å². The number of carbonyl (C=O) groups is 1. The Morgan fingerprint density at radius 2 is 2.26 bits per heavy atom. The first-order chi connectivity index (χ1) is 9.11. The van der Waals surface area contributed by atoms with Crippen LogP contribution in [0.25, 0.3) is 11.3 Å². The molecule has 0 N–H and O–H groups in total. The van der Waals surface area contributed by atoms with E-state index in [-0.39, 0.29) is 12.5 Å². The molecule has 6 heteroatoms. The average molecular weight is 280 g/mol. The van der Waals surface area contributed by atoms with E-state index in [1.54, 1.807) is 13.1 Å². The molecule has 0 unspecified atom stereocenters. The van der Waals surface area contributed by atoms with Gasteiger partial charge in [-0.15, -0.1) is 5.10 Å². The van der Waals surface area contributed by atoms with Crippen LogP contribution in [-0.2, 0) is 16.1 Å². The quantitative estimate of drug-likeness (QED) is 0.807. The van der Waals surface area contributed by atoms with E-state index in [9.17, 15) is 4.79 Å². The molecule has 0 saturated heterocycles.